The maximum Gasteiger partial charge on any atom is 0.318 e. The Labute approximate surface area is 142 Å². The SMILES string of the molecule is CNCc1nnc(N2CCC3(CCc4ccccc43)CC2)o1.Cl. The van der Waals surface area contributed by atoms with Crippen LogP contribution in [0.2, 0.25) is 0 Å². The zero-order valence-electron chi connectivity index (χ0n) is 13.4. The minimum Gasteiger partial charge on any atom is -0.407 e. The number of hydrogen-bond acceptors (Lipinski definition) is 5. The highest BCUT2D eigenvalue weighted by Gasteiger charge is 2.41. The number of benzene rings is 1. The summed E-state index contributed by atoms with van der Waals surface area (Å²) in [6.45, 7) is 2.61. The lowest BCUT2D eigenvalue weighted by molar-refractivity contribution is 0.319. The first-order valence-corrected chi connectivity index (χ1v) is 8.11. The van der Waals surface area contributed by atoms with Crippen LogP contribution < -0.4 is 10.2 Å². The van der Waals surface area contributed by atoms with Crippen molar-refractivity contribution in [3.63, 3.8) is 0 Å². The summed E-state index contributed by atoms with van der Waals surface area (Å²) >= 11 is 0. The zero-order valence-corrected chi connectivity index (χ0v) is 14.2. The van der Waals surface area contributed by atoms with E-state index < -0.39 is 0 Å². The van der Waals surface area contributed by atoms with Gasteiger partial charge in [0.2, 0.25) is 5.89 Å². The molecule has 1 aromatic heterocycles. The lowest BCUT2D eigenvalue weighted by Gasteiger charge is -2.39. The highest BCUT2D eigenvalue weighted by molar-refractivity contribution is 5.85. The van der Waals surface area contributed by atoms with Crippen molar-refractivity contribution < 1.29 is 4.42 Å². The summed E-state index contributed by atoms with van der Waals surface area (Å²) in [6.07, 6.45) is 4.86. The molecule has 0 atom stereocenters. The maximum atomic E-state index is 5.73. The smallest absolute Gasteiger partial charge is 0.318 e. The Kier molecular flexibility index (Phi) is 4.60. The molecule has 0 amide bonds. The van der Waals surface area contributed by atoms with E-state index in [9.17, 15) is 0 Å². The Hall–Kier alpha value is -1.59. The molecule has 0 radical (unpaired) electrons. The normalized spacial score (nSPS) is 18.7. The van der Waals surface area contributed by atoms with Gasteiger partial charge in [0, 0.05) is 13.1 Å². The van der Waals surface area contributed by atoms with Gasteiger partial charge < -0.3 is 14.6 Å². The number of hydrogen-bond donors (Lipinski definition) is 1. The van der Waals surface area contributed by atoms with Crippen LogP contribution in [0, 0.1) is 0 Å². The van der Waals surface area contributed by atoms with E-state index >= 15 is 0 Å². The Morgan fingerprint density at radius 3 is 2.74 bits per heavy atom. The molecule has 6 heteroatoms. The molecule has 1 aliphatic carbocycles. The van der Waals surface area contributed by atoms with Crippen molar-refractivity contribution in [2.45, 2.75) is 37.6 Å². The number of aromatic nitrogens is 2. The van der Waals surface area contributed by atoms with E-state index in [0.717, 1.165) is 13.1 Å². The van der Waals surface area contributed by atoms with Crippen LogP contribution in [0.15, 0.2) is 28.7 Å². The van der Waals surface area contributed by atoms with E-state index in [2.05, 4.69) is 44.7 Å². The van der Waals surface area contributed by atoms with Gasteiger partial charge in [-0.05, 0) is 49.3 Å². The summed E-state index contributed by atoms with van der Waals surface area (Å²) in [7, 11) is 1.88. The molecule has 1 fully saturated rings. The molecule has 1 aliphatic heterocycles. The predicted molar refractivity (Wildman–Crippen MR) is 92.2 cm³/mol. The first-order valence-electron chi connectivity index (χ1n) is 8.11. The molecule has 2 aromatic rings. The summed E-state index contributed by atoms with van der Waals surface area (Å²) in [5.41, 5.74) is 3.50. The fraction of sp³-hybridized carbons (Fsp3) is 0.529. The number of nitrogens with zero attached hydrogens (tertiary/aromatic N) is 3. The first-order chi connectivity index (χ1) is 10.8. The van der Waals surface area contributed by atoms with Crippen molar-refractivity contribution in [3.8, 4) is 0 Å². The molecule has 23 heavy (non-hydrogen) atoms. The first kappa shape index (κ1) is 16.3. The molecule has 2 aliphatic rings. The zero-order chi connectivity index (χ0) is 15.0. The van der Waals surface area contributed by atoms with E-state index in [4.69, 9.17) is 4.42 Å². The van der Waals surface area contributed by atoms with Crippen LogP contribution in [-0.2, 0) is 18.4 Å². The third-order valence-electron chi connectivity index (χ3n) is 5.24. The molecule has 1 saturated heterocycles. The highest BCUT2D eigenvalue weighted by Crippen LogP contribution is 2.46. The van der Waals surface area contributed by atoms with Crippen molar-refractivity contribution in [3.05, 3.63) is 41.3 Å². The predicted octanol–water partition coefficient (Wildman–Crippen LogP) is 2.70. The summed E-state index contributed by atoms with van der Waals surface area (Å²) in [4.78, 5) is 2.23. The van der Waals surface area contributed by atoms with E-state index in [1.807, 2.05) is 7.05 Å². The van der Waals surface area contributed by atoms with Gasteiger partial charge in [0.25, 0.3) is 0 Å². The number of nitrogens with one attached hydrogen (secondary N) is 1. The lowest BCUT2D eigenvalue weighted by atomic mass is 9.74. The molecule has 2 heterocycles. The van der Waals surface area contributed by atoms with Crippen molar-refractivity contribution >= 4 is 18.4 Å². The molecule has 0 bridgehead atoms. The Balaban J connectivity index is 0.00000156. The van der Waals surface area contributed by atoms with Crippen LogP contribution in [0.4, 0.5) is 6.01 Å². The number of fused-ring (bicyclic) bond motifs is 2. The second kappa shape index (κ2) is 6.49. The molecule has 0 saturated carbocycles. The van der Waals surface area contributed by atoms with Crippen molar-refractivity contribution in [1.82, 2.24) is 15.5 Å². The van der Waals surface area contributed by atoms with Crippen LogP contribution in [-0.4, -0.2) is 30.3 Å². The lowest BCUT2D eigenvalue weighted by Crippen LogP contribution is -2.41. The summed E-state index contributed by atoms with van der Waals surface area (Å²) in [6, 6.07) is 9.63. The van der Waals surface area contributed by atoms with Crippen LogP contribution in [0.3, 0.4) is 0 Å². The van der Waals surface area contributed by atoms with E-state index in [1.54, 1.807) is 11.1 Å². The van der Waals surface area contributed by atoms with Crippen LogP contribution >= 0.6 is 12.4 Å². The average molecular weight is 335 g/mol. The topological polar surface area (TPSA) is 54.2 Å². The van der Waals surface area contributed by atoms with Crippen molar-refractivity contribution in [1.29, 1.82) is 0 Å². The maximum absolute atomic E-state index is 5.73. The Morgan fingerprint density at radius 1 is 1.17 bits per heavy atom. The molecular formula is C17H23ClN4O. The second-order valence-corrected chi connectivity index (χ2v) is 6.43. The van der Waals surface area contributed by atoms with E-state index in [1.165, 1.54) is 25.7 Å². The molecular weight excluding hydrogens is 312 g/mol. The molecule has 4 rings (SSSR count). The molecule has 5 nitrogen and oxygen atoms in total. The van der Waals surface area contributed by atoms with Gasteiger partial charge in [-0.3, -0.25) is 0 Å². The van der Waals surface area contributed by atoms with Crippen molar-refractivity contribution in [2.24, 2.45) is 0 Å². The van der Waals surface area contributed by atoms with Gasteiger partial charge in [0.1, 0.15) is 0 Å². The third-order valence-corrected chi connectivity index (χ3v) is 5.24. The molecule has 1 aromatic carbocycles. The second-order valence-electron chi connectivity index (χ2n) is 6.43. The number of anilines is 1. The molecule has 1 spiro atoms. The summed E-state index contributed by atoms with van der Waals surface area (Å²) in [5.74, 6) is 0.656. The largest absolute Gasteiger partial charge is 0.407 e. The van der Waals surface area contributed by atoms with E-state index in [0.29, 0.717) is 23.9 Å². The van der Waals surface area contributed by atoms with Crippen LogP contribution in [0.5, 0.6) is 0 Å². The summed E-state index contributed by atoms with van der Waals surface area (Å²) < 4.78 is 5.73. The van der Waals surface area contributed by atoms with Crippen LogP contribution in [0.25, 0.3) is 0 Å². The van der Waals surface area contributed by atoms with Crippen molar-refractivity contribution in [2.75, 3.05) is 25.0 Å². The average Bonchev–Trinajstić information content (AvgIpc) is 3.16. The van der Waals surface area contributed by atoms with Crippen LogP contribution in [0.1, 0.15) is 36.3 Å². The van der Waals surface area contributed by atoms with Gasteiger partial charge in [0.05, 0.1) is 6.54 Å². The fourth-order valence-electron chi connectivity index (χ4n) is 4.00. The molecule has 1 N–H and O–H groups in total. The number of piperidine rings is 1. The van der Waals surface area contributed by atoms with Gasteiger partial charge in [-0.2, -0.15) is 0 Å². The number of aryl methyl sites for hydroxylation is 1. The monoisotopic (exact) mass is 334 g/mol. The number of halogens is 1. The fourth-order valence-corrected chi connectivity index (χ4v) is 4.00. The molecule has 124 valence electrons. The van der Waals surface area contributed by atoms with Gasteiger partial charge in [-0.1, -0.05) is 29.4 Å². The van der Waals surface area contributed by atoms with E-state index in [-0.39, 0.29) is 12.4 Å². The molecule has 0 unspecified atom stereocenters. The Morgan fingerprint density at radius 2 is 1.96 bits per heavy atom. The summed E-state index contributed by atoms with van der Waals surface area (Å²) in [5, 5.41) is 11.3. The number of rotatable bonds is 3. The van der Waals surface area contributed by atoms with Gasteiger partial charge >= 0.3 is 6.01 Å². The highest BCUT2D eigenvalue weighted by atomic mass is 35.5. The minimum atomic E-state index is 0. The van der Waals surface area contributed by atoms with Gasteiger partial charge in [0.15, 0.2) is 0 Å². The Bertz CT molecular complexity index is 664. The minimum absolute atomic E-state index is 0. The quantitative estimate of drug-likeness (QED) is 0.935. The third kappa shape index (κ3) is 2.83. The van der Waals surface area contributed by atoms with Gasteiger partial charge in [-0.25, -0.2) is 0 Å². The van der Waals surface area contributed by atoms with Gasteiger partial charge in [-0.15, -0.1) is 17.5 Å². The standard InChI is InChI=1S/C17H22N4O.ClH/c1-18-12-15-19-20-16(22-15)21-10-8-17(9-11-21)7-6-13-4-2-3-5-14(13)17;/h2-5,18H,6-12H2,1H3;1H.